The fraction of sp³-hybridized carbons (Fsp3) is 0.333. The topological polar surface area (TPSA) is 12.0 Å². The van der Waals surface area contributed by atoms with Gasteiger partial charge in [0, 0.05) is 6.54 Å². The van der Waals surface area contributed by atoms with Crippen molar-refractivity contribution in [3.05, 3.63) is 47.5 Å². The largest absolute Gasteiger partial charge is 0.313 e. The first-order valence-corrected chi connectivity index (χ1v) is 6.00. The van der Waals surface area contributed by atoms with Crippen LogP contribution in [0.4, 0.5) is 0 Å². The predicted molar refractivity (Wildman–Crippen MR) is 70.7 cm³/mol. The molecule has 84 valence electrons. The van der Waals surface area contributed by atoms with E-state index in [1.165, 1.54) is 28.3 Å². The molecule has 0 bridgehead atoms. The number of rotatable bonds is 4. The van der Waals surface area contributed by atoms with Crippen molar-refractivity contribution in [2.45, 2.75) is 26.8 Å². The van der Waals surface area contributed by atoms with Crippen molar-refractivity contribution in [3.8, 4) is 0 Å². The van der Waals surface area contributed by atoms with Crippen LogP contribution in [0.25, 0.3) is 10.8 Å². The molecule has 1 heteroatoms. The lowest BCUT2D eigenvalue weighted by Gasteiger charge is -2.08. The SMILES string of the molecule is CCCNCc1cc(C)c2ccccc2c1. The molecular weight excluding hydrogens is 194 g/mol. The molecule has 0 saturated heterocycles. The number of hydrogen-bond donors (Lipinski definition) is 1. The van der Waals surface area contributed by atoms with Crippen molar-refractivity contribution in [2.24, 2.45) is 0 Å². The number of fused-ring (bicyclic) bond motifs is 1. The Morgan fingerprint density at radius 3 is 2.75 bits per heavy atom. The Labute approximate surface area is 97.5 Å². The van der Waals surface area contributed by atoms with E-state index in [1.54, 1.807) is 0 Å². The van der Waals surface area contributed by atoms with Gasteiger partial charge in [0.05, 0.1) is 0 Å². The van der Waals surface area contributed by atoms with E-state index in [1.807, 2.05) is 0 Å². The van der Waals surface area contributed by atoms with E-state index in [0.29, 0.717) is 0 Å². The number of aryl methyl sites for hydroxylation is 1. The third-order valence-corrected chi connectivity index (χ3v) is 2.88. The minimum Gasteiger partial charge on any atom is -0.313 e. The average molecular weight is 213 g/mol. The van der Waals surface area contributed by atoms with E-state index in [0.717, 1.165) is 13.1 Å². The second kappa shape index (κ2) is 5.13. The average Bonchev–Trinajstić information content (AvgIpc) is 2.30. The second-order valence-corrected chi connectivity index (χ2v) is 4.31. The van der Waals surface area contributed by atoms with Gasteiger partial charge in [0.15, 0.2) is 0 Å². The van der Waals surface area contributed by atoms with E-state index < -0.39 is 0 Å². The summed E-state index contributed by atoms with van der Waals surface area (Å²) >= 11 is 0. The Bertz CT molecular complexity index is 474. The fourth-order valence-electron chi connectivity index (χ4n) is 2.09. The lowest BCUT2D eigenvalue weighted by molar-refractivity contribution is 0.676. The molecule has 0 radical (unpaired) electrons. The van der Waals surface area contributed by atoms with Gasteiger partial charge in [-0.25, -0.2) is 0 Å². The highest BCUT2D eigenvalue weighted by Gasteiger charge is 1.99. The molecule has 0 spiro atoms. The van der Waals surface area contributed by atoms with Gasteiger partial charge >= 0.3 is 0 Å². The first kappa shape index (κ1) is 11.2. The van der Waals surface area contributed by atoms with Gasteiger partial charge in [0.1, 0.15) is 0 Å². The van der Waals surface area contributed by atoms with Gasteiger partial charge < -0.3 is 5.32 Å². The molecule has 2 aromatic carbocycles. The first-order chi connectivity index (χ1) is 7.81. The van der Waals surface area contributed by atoms with Crippen LogP contribution in [0.2, 0.25) is 0 Å². The lowest BCUT2D eigenvalue weighted by atomic mass is 10.0. The van der Waals surface area contributed by atoms with E-state index in [-0.39, 0.29) is 0 Å². The van der Waals surface area contributed by atoms with Crippen LogP contribution in [0, 0.1) is 6.92 Å². The summed E-state index contributed by atoms with van der Waals surface area (Å²) in [5.74, 6) is 0. The summed E-state index contributed by atoms with van der Waals surface area (Å²) in [6.45, 7) is 6.44. The Hall–Kier alpha value is -1.34. The van der Waals surface area contributed by atoms with E-state index in [2.05, 4.69) is 55.6 Å². The zero-order valence-electron chi connectivity index (χ0n) is 10.1. The molecule has 0 unspecified atom stereocenters. The predicted octanol–water partition coefficient (Wildman–Crippen LogP) is 3.65. The Morgan fingerprint density at radius 2 is 1.94 bits per heavy atom. The van der Waals surface area contributed by atoms with Crippen LogP contribution in [-0.2, 0) is 6.54 Å². The molecule has 0 atom stereocenters. The van der Waals surface area contributed by atoms with Crippen LogP contribution in [0.15, 0.2) is 36.4 Å². The lowest BCUT2D eigenvalue weighted by Crippen LogP contribution is -2.13. The first-order valence-electron chi connectivity index (χ1n) is 6.00. The third kappa shape index (κ3) is 2.42. The summed E-state index contributed by atoms with van der Waals surface area (Å²) in [5, 5.41) is 6.15. The fourth-order valence-corrected chi connectivity index (χ4v) is 2.09. The van der Waals surface area contributed by atoms with Gasteiger partial charge in [-0.3, -0.25) is 0 Å². The molecule has 2 rings (SSSR count). The maximum absolute atomic E-state index is 3.44. The van der Waals surface area contributed by atoms with Crippen LogP contribution in [0.1, 0.15) is 24.5 Å². The third-order valence-electron chi connectivity index (χ3n) is 2.88. The van der Waals surface area contributed by atoms with Crippen molar-refractivity contribution < 1.29 is 0 Å². The molecule has 0 aliphatic heterocycles. The minimum atomic E-state index is 0.972. The maximum atomic E-state index is 3.44. The smallest absolute Gasteiger partial charge is 0.0205 e. The van der Waals surface area contributed by atoms with Crippen molar-refractivity contribution in [2.75, 3.05) is 6.54 Å². The van der Waals surface area contributed by atoms with Crippen LogP contribution >= 0.6 is 0 Å². The summed E-state index contributed by atoms with van der Waals surface area (Å²) in [7, 11) is 0. The van der Waals surface area contributed by atoms with Crippen LogP contribution in [0.3, 0.4) is 0 Å². The molecule has 1 N–H and O–H groups in total. The van der Waals surface area contributed by atoms with Crippen molar-refractivity contribution in [1.82, 2.24) is 5.32 Å². The van der Waals surface area contributed by atoms with Gasteiger partial charge in [-0.05, 0) is 47.9 Å². The molecule has 16 heavy (non-hydrogen) atoms. The van der Waals surface area contributed by atoms with Gasteiger partial charge in [0.2, 0.25) is 0 Å². The Balaban J connectivity index is 2.27. The molecule has 0 aliphatic carbocycles. The van der Waals surface area contributed by atoms with Crippen molar-refractivity contribution >= 4 is 10.8 Å². The normalized spacial score (nSPS) is 10.9. The molecular formula is C15H19N. The monoisotopic (exact) mass is 213 g/mol. The van der Waals surface area contributed by atoms with Crippen LogP contribution in [-0.4, -0.2) is 6.54 Å². The molecule has 0 aliphatic rings. The van der Waals surface area contributed by atoms with Gasteiger partial charge in [-0.15, -0.1) is 0 Å². The van der Waals surface area contributed by atoms with Crippen molar-refractivity contribution in [1.29, 1.82) is 0 Å². The quantitative estimate of drug-likeness (QED) is 0.764. The summed E-state index contributed by atoms with van der Waals surface area (Å²) in [4.78, 5) is 0. The van der Waals surface area contributed by atoms with E-state index >= 15 is 0 Å². The van der Waals surface area contributed by atoms with E-state index in [9.17, 15) is 0 Å². The van der Waals surface area contributed by atoms with Crippen LogP contribution in [0.5, 0.6) is 0 Å². The molecule has 0 fully saturated rings. The summed E-state index contributed by atoms with van der Waals surface area (Å²) in [6.07, 6.45) is 1.19. The Morgan fingerprint density at radius 1 is 1.12 bits per heavy atom. The molecule has 0 saturated carbocycles. The molecule has 0 amide bonds. The molecule has 0 heterocycles. The van der Waals surface area contributed by atoms with Crippen molar-refractivity contribution in [3.63, 3.8) is 0 Å². The minimum absolute atomic E-state index is 0.972. The maximum Gasteiger partial charge on any atom is 0.0205 e. The summed E-state index contributed by atoms with van der Waals surface area (Å²) in [6, 6.07) is 13.1. The van der Waals surface area contributed by atoms with Gasteiger partial charge in [0.25, 0.3) is 0 Å². The van der Waals surface area contributed by atoms with Gasteiger partial charge in [-0.2, -0.15) is 0 Å². The second-order valence-electron chi connectivity index (χ2n) is 4.31. The highest BCUT2D eigenvalue weighted by Crippen LogP contribution is 2.20. The molecule has 0 aromatic heterocycles. The van der Waals surface area contributed by atoms with E-state index in [4.69, 9.17) is 0 Å². The molecule has 2 aromatic rings. The summed E-state index contributed by atoms with van der Waals surface area (Å²) < 4.78 is 0. The number of hydrogen-bond acceptors (Lipinski definition) is 1. The molecule has 1 nitrogen and oxygen atoms in total. The van der Waals surface area contributed by atoms with Crippen LogP contribution < -0.4 is 5.32 Å². The zero-order chi connectivity index (χ0) is 11.4. The number of nitrogens with one attached hydrogen (secondary N) is 1. The standard InChI is InChI=1S/C15H19N/c1-3-8-16-11-13-9-12(2)15-7-5-4-6-14(15)10-13/h4-7,9-10,16H,3,8,11H2,1-2H3. The van der Waals surface area contributed by atoms with Gasteiger partial charge in [-0.1, -0.05) is 37.3 Å². The number of benzene rings is 2. The highest BCUT2D eigenvalue weighted by molar-refractivity contribution is 5.86. The highest BCUT2D eigenvalue weighted by atomic mass is 14.8. The Kier molecular flexibility index (Phi) is 3.58. The summed E-state index contributed by atoms with van der Waals surface area (Å²) in [5.41, 5.74) is 2.75. The zero-order valence-corrected chi connectivity index (χ0v) is 10.1.